The van der Waals surface area contributed by atoms with Gasteiger partial charge in [-0.3, -0.25) is 4.79 Å². The highest BCUT2D eigenvalue weighted by Gasteiger charge is 2.24. The van der Waals surface area contributed by atoms with Crippen LogP contribution < -0.4 is 11.1 Å². The monoisotopic (exact) mass is 248 g/mol. The summed E-state index contributed by atoms with van der Waals surface area (Å²) in [5.41, 5.74) is 6.89. The Morgan fingerprint density at radius 1 is 1.33 bits per heavy atom. The SMILES string of the molecule is CCC(C)(C)C(=O)NCCC(N)c1ccccc1. The summed E-state index contributed by atoms with van der Waals surface area (Å²) >= 11 is 0. The third-order valence-electron chi connectivity index (χ3n) is 3.47. The lowest BCUT2D eigenvalue weighted by molar-refractivity contribution is -0.129. The first kappa shape index (κ1) is 14.7. The molecule has 1 aromatic rings. The van der Waals surface area contributed by atoms with Crippen molar-refractivity contribution >= 4 is 5.91 Å². The zero-order chi connectivity index (χ0) is 13.6. The summed E-state index contributed by atoms with van der Waals surface area (Å²) in [6.07, 6.45) is 1.60. The van der Waals surface area contributed by atoms with Gasteiger partial charge in [-0.05, 0) is 18.4 Å². The van der Waals surface area contributed by atoms with Gasteiger partial charge in [0.1, 0.15) is 0 Å². The minimum absolute atomic E-state index is 0.0174. The van der Waals surface area contributed by atoms with E-state index in [1.54, 1.807) is 0 Å². The van der Waals surface area contributed by atoms with Gasteiger partial charge in [0.15, 0.2) is 0 Å². The lowest BCUT2D eigenvalue weighted by atomic mass is 9.89. The normalized spacial score (nSPS) is 13.1. The molecule has 0 saturated carbocycles. The van der Waals surface area contributed by atoms with Crippen LogP contribution >= 0.6 is 0 Å². The van der Waals surface area contributed by atoms with Gasteiger partial charge >= 0.3 is 0 Å². The van der Waals surface area contributed by atoms with Crippen molar-refractivity contribution in [3.05, 3.63) is 35.9 Å². The first-order valence-corrected chi connectivity index (χ1v) is 6.56. The molecule has 18 heavy (non-hydrogen) atoms. The maximum atomic E-state index is 11.9. The molecule has 0 fully saturated rings. The number of nitrogens with one attached hydrogen (secondary N) is 1. The topological polar surface area (TPSA) is 55.1 Å². The Labute approximate surface area is 110 Å². The molecule has 0 aliphatic rings. The molecule has 0 bridgehead atoms. The highest BCUT2D eigenvalue weighted by atomic mass is 16.2. The van der Waals surface area contributed by atoms with Gasteiger partial charge in [-0.25, -0.2) is 0 Å². The molecule has 0 radical (unpaired) electrons. The number of amides is 1. The fraction of sp³-hybridized carbons (Fsp3) is 0.533. The predicted octanol–water partition coefficient (Wildman–Crippen LogP) is 2.63. The van der Waals surface area contributed by atoms with E-state index in [-0.39, 0.29) is 17.4 Å². The molecule has 1 unspecified atom stereocenters. The Morgan fingerprint density at radius 3 is 2.50 bits per heavy atom. The molecule has 1 atom stereocenters. The summed E-state index contributed by atoms with van der Waals surface area (Å²) in [4.78, 5) is 11.9. The standard InChI is InChI=1S/C15H24N2O/c1-4-15(2,3)14(18)17-11-10-13(16)12-8-6-5-7-9-12/h5-9,13H,4,10-11,16H2,1-3H3,(H,17,18). The smallest absolute Gasteiger partial charge is 0.225 e. The van der Waals surface area contributed by atoms with Crippen LogP contribution in [0.1, 0.15) is 45.2 Å². The van der Waals surface area contributed by atoms with Crippen LogP contribution in [-0.2, 0) is 4.79 Å². The zero-order valence-electron chi connectivity index (χ0n) is 11.6. The fourth-order valence-electron chi connectivity index (χ4n) is 1.61. The summed E-state index contributed by atoms with van der Waals surface area (Å²) in [7, 11) is 0. The molecule has 3 N–H and O–H groups in total. The summed E-state index contributed by atoms with van der Waals surface area (Å²) < 4.78 is 0. The van der Waals surface area contributed by atoms with Crippen molar-refractivity contribution < 1.29 is 4.79 Å². The summed E-state index contributed by atoms with van der Waals surface area (Å²) in [5.74, 6) is 0.102. The Morgan fingerprint density at radius 2 is 1.94 bits per heavy atom. The second kappa shape index (κ2) is 6.55. The van der Waals surface area contributed by atoms with Crippen LogP contribution in [0.15, 0.2) is 30.3 Å². The van der Waals surface area contributed by atoms with Crippen LogP contribution in [0.3, 0.4) is 0 Å². The lowest BCUT2D eigenvalue weighted by Crippen LogP contribution is -2.37. The molecule has 0 heterocycles. The second-order valence-corrected chi connectivity index (χ2v) is 5.30. The summed E-state index contributed by atoms with van der Waals surface area (Å²) in [6.45, 7) is 6.56. The van der Waals surface area contributed by atoms with Crippen molar-refractivity contribution in [3.63, 3.8) is 0 Å². The van der Waals surface area contributed by atoms with Gasteiger partial charge < -0.3 is 11.1 Å². The molecule has 1 amide bonds. The Bertz CT molecular complexity index is 373. The molecule has 3 nitrogen and oxygen atoms in total. The van der Waals surface area contributed by atoms with Gasteiger partial charge in [0.25, 0.3) is 0 Å². The van der Waals surface area contributed by atoms with E-state index in [1.807, 2.05) is 51.1 Å². The number of hydrogen-bond donors (Lipinski definition) is 2. The van der Waals surface area contributed by atoms with Crippen molar-refractivity contribution in [1.29, 1.82) is 0 Å². The van der Waals surface area contributed by atoms with E-state index in [2.05, 4.69) is 5.32 Å². The minimum Gasteiger partial charge on any atom is -0.356 e. The summed E-state index contributed by atoms with van der Waals surface area (Å²) in [6, 6.07) is 9.95. The average molecular weight is 248 g/mol. The molecular formula is C15H24N2O. The van der Waals surface area contributed by atoms with Gasteiger partial charge in [-0.15, -0.1) is 0 Å². The van der Waals surface area contributed by atoms with Crippen molar-refractivity contribution in [3.8, 4) is 0 Å². The van der Waals surface area contributed by atoms with E-state index in [1.165, 1.54) is 0 Å². The van der Waals surface area contributed by atoms with Gasteiger partial charge in [-0.2, -0.15) is 0 Å². The second-order valence-electron chi connectivity index (χ2n) is 5.30. The number of benzene rings is 1. The van der Waals surface area contributed by atoms with E-state index in [0.29, 0.717) is 6.54 Å². The number of rotatable bonds is 6. The first-order chi connectivity index (χ1) is 8.47. The fourth-order valence-corrected chi connectivity index (χ4v) is 1.61. The number of nitrogens with two attached hydrogens (primary N) is 1. The van der Waals surface area contributed by atoms with Crippen LogP contribution in [0, 0.1) is 5.41 Å². The molecule has 1 rings (SSSR count). The van der Waals surface area contributed by atoms with Crippen molar-refractivity contribution in [2.24, 2.45) is 11.1 Å². The number of carbonyl (C=O) groups is 1. The molecule has 3 heteroatoms. The predicted molar refractivity (Wildman–Crippen MR) is 75.1 cm³/mol. The molecule has 100 valence electrons. The molecule has 1 aromatic carbocycles. The van der Waals surface area contributed by atoms with Crippen LogP contribution in [0.4, 0.5) is 0 Å². The Kier molecular flexibility index (Phi) is 5.35. The van der Waals surface area contributed by atoms with E-state index >= 15 is 0 Å². The number of carbonyl (C=O) groups excluding carboxylic acids is 1. The average Bonchev–Trinajstić information content (AvgIpc) is 2.39. The summed E-state index contributed by atoms with van der Waals surface area (Å²) in [5, 5.41) is 2.96. The molecule has 0 aliphatic carbocycles. The van der Waals surface area contributed by atoms with Gasteiger partial charge in [0, 0.05) is 18.0 Å². The van der Waals surface area contributed by atoms with Crippen LogP contribution in [-0.4, -0.2) is 12.5 Å². The van der Waals surface area contributed by atoms with Crippen molar-refractivity contribution in [2.45, 2.75) is 39.7 Å². The maximum absolute atomic E-state index is 11.9. The zero-order valence-corrected chi connectivity index (χ0v) is 11.6. The highest BCUT2D eigenvalue weighted by molar-refractivity contribution is 5.81. The molecule has 0 aliphatic heterocycles. The van der Waals surface area contributed by atoms with Gasteiger partial charge in [0.05, 0.1) is 0 Å². The first-order valence-electron chi connectivity index (χ1n) is 6.56. The van der Waals surface area contributed by atoms with Crippen LogP contribution in [0.25, 0.3) is 0 Å². The number of hydrogen-bond acceptors (Lipinski definition) is 2. The van der Waals surface area contributed by atoms with Crippen molar-refractivity contribution in [2.75, 3.05) is 6.54 Å². The maximum Gasteiger partial charge on any atom is 0.225 e. The highest BCUT2D eigenvalue weighted by Crippen LogP contribution is 2.19. The molecule has 0 spiro atoms. The van der Waals surface area contributed by atoms with E-state index < -0.39 is 0 Å². The Hall–Kier alpha value is -1.35. The van der Waals surface area contributed by atoms with Crippen LogP contribution in [0.2, 0.25) is 0 Å². The Balaban J connectivity index is 2.37. The lowest BCUT2D eigenvalue weighted by Gasteiger charge is -2.22. The van der Waals surface area contributed by atoms with Gasteiger partial charge in [0.2, 0.25) is 5.91 Å². The van der Waals surface area contributed by atoms with Crippen molar-refractivity contribution in [1.82, 2.24) is 5.32 Å². The van der Waals surface area contributed by atoms with E-state index in [0.717, 1.165) is 18.4 Å². The third kappa shape index (κ3) is 4.15. The molecular weight excluding hydrogens is 224 g/mol. The van der Waals surface area contributed by atoms with Crippen LogP contribution in [0.5, 0.6) is 0 Å². The van der Waals surface area contributed by atoms with Gasteiger partial charge in [-0.1, -0.05) is 51.1 Å². The molecule has 0 aromatic heterocycles. The minimum atomic E-state index is -0.295. The van der Waals surface area contributed by atoms with E-state index in [4.69, 9.17) is 5.73 Å². The van der Waals surface area contributed by atoms with E-state index in [9.17, 15) is 4.79 Å². The quantitative estimate of drug-likeness (QED) is 0.813. The largest absolute Gasteiger partial charge is 0.356 e. The molecule has 0 saturated heterocycles. The third-order valence-corrected chi connectivity index (χ3v) is 3.47.